The van der Waals surface area contributed by atoms with Crippen LogP contribution in [0, 0.1) is 18.8 Å². The van der Waals surface area contributed by atoms with Gasteiger partial charge in [0.25, 0.3) is 5.91 Å². The minimum atomic E-state index is -0.568. The molecule has 1 saturated heterocycles. The van der Waals surface area contributed by atoms with Crippen molar-refractivity contribution in [2.24, 2.45) is 17.6 Å². The number of hydrogen-bond acceptors (Lipinski definition) is 7. The lowest BCUT2D eigenvalue weighted by atomic mass is 10.0. The van der Waals surface area contributed by atoms with Crippen LogP contribution in [0.3, 0.4) is 0 Å². The van der Waals surface area contributed by atoms with Gasteiger partial charge >= 0.3 is 6.09 Å². The molecule has 11 nitrogen and oxygen atoms in total. The van der Waals surface area contributed by atoms with E-state index in [0.29, 0.717) is 23.8 Å². The van der Waals surface area contributed by atoms with E-state index in [0.717, 1.165) is 57.7 Å². The number of aromatic nitrogens is 5. The first kappa shape index (κ1) is 29.0. The van der Waals surface area contributed by atoms with E-state index in [1.54, 1.807) is 12.3 Å². The first-order valence-corrected chi connectivity index (χ1v) is 15.6. The van der Waals surface area contributed by atoms with Crippen molar-refractivity contribution in [1.82, 2.24) is 29.0 Å². The number of hydrogen-bond donors (Lipinski definition) is 2. The summed E-state index contributed by atoms with van der Waals surface area (Å²) >= 11 is 0. The number of likely N-dealkylation sites (tertiary alicyclic amines) is 1. The molecule has 5 aromatic rings. The van der Waals surface area contributed by atoms with Crippen molar-refractivity contribution < 1.29 is 14.3 Å². The molecule has 0 radical (unpaired) electrons. The lowest BCUT2D eigenvalue weighted by molar-refractivity contribution is 0.0724. The monoisotopic (exact) mass is 606 g/mol. The van der Waals surface area contributed by atoms with E-state index in [1.165, 1.54) is 20.0 Å². The quantitative estimate of drug-likeness (QED) is 0.250. The molecule has 0 bridgehead atoms. The number of aryl methyl sites for hydroxylation is 1. The highest BCUT2D eigenvalue weighted by atomic mass is 16.5. The molecular formula is C34H38N8O3. The molecule has 1 aliphatic heterocycles. The molecule has 1 saturated carbocycles. The Morgan fingerprint density at radius 3 is 2.67 bits per heavy atom. The summed E-state index contributed by atoms with van der Waals surface area (Å²) in [7, 11) is 1.31. The summed E-state index contributed by atoms with van der Waals surface area (Å²) < 4.78 is 8.78. The molecule has 1 aliphatic carbocycles. The normalized spacial score (nSPS) is 19.8. The number of carbonyl (C=O) groups excluding carboxylic acids is 2. The number of rotatable bonds is 7. The van der Waals surface area contributed by atoms with Crippen molar-refractivity contribution >= 4 is 34.4 Å². The van der Waals surface area contributed by atoms with Crippen LogP contribution >= 0.6 is 0 Å². The van der Waals surface area contributed by atoms with E-state index in [4.69, 9.17) is 15.8 Å². The van der Waals surface area contributed by atoms with Crippen LogP contribution in [-0.2, 0) is 11.3 Å². The van der Waals surface area contributed by atoms with Gasteiger partial charge in [-0.1, -0.05) is 13.8 Å². The number of fused-ring (bicyclic) bond motifs is 2. The molecule has 11 heteroatoms. The van der Waals surface area contributed by atoms with Crippen molar-refractivity contribution in [2.75, 3.05) is 19.0 Å². The molecule has 0 aromatic carbocycles. The van der Waals surface area contributed by atoms with Gasteiger partial charge in [0.2, 0.25) is 0 Å². The number of amides is 2. The molecule has 6 heterocycles. The summed E-state index contributed by atoms with van der Waals surface area (Å²) in [6.07, 6.45) is 6.21. The van der Waals surface area contributed by atoms with Gasteiger partial charge in [0.15, 0.2) is 0 Å². The van der Waals surface area contributed by atoms with Crippen LogP contribution in [0.25, 0.3) is 39.2 Å². The predicted molar refractivity (Wildman–Crippen MR) is 173 cm³/mol. The summed E-state index contributed by atoms with van der Waals surface area (Å²) in [5.41, 5.74) is 13.5. The number of carbonyl (C=O) groups is 2. The molecular weight excluding hydrogens is 568 g/mol. The van der Waals surface area contributed by atoms with Gasteiger partial charge in [-0.05, 0) is 80.5 Å². The second kappa shape index (κ2) is 11.3. The van der Waals surface area contributed by atoms with Crippen LogP contribution < -0.4 is 11.1 Å². The Morgan fingerprint density at radius 1 is 1.13 bits per heavy atom. The summed E-state index contributed by atoms with van der Waals surface area (Å²) in [6.45, 7) is 7.81. The molecule has 2 fully saturated rings. The molecule has 2 aliphatic rings. The number of pyridine rings is 3. The molecule has 45 heavy (non-hydrogen) atoms. The van der Waals surface area contributed by atoms with Gasteiger partial charge in [0.1, 0.15) is 17.2 Å². The van der Waals surface area contributed by atoms with Gasteiger partial charge in [0.05, 0.1) is 29.6 Å². The number of methoxy groups -OCH3 is 1. The number of anilines is 1. The van der Waals surface area contributed by atoms with Crippen LogP contribution in [0.15, 0.2) is 54.9 Å². The average Bonchev–Trinajstić information content (AvgIpc) is 3.64. The van der Waals surface area contributed by atoms with Crippen LogP contribution in [0.2, 0.25) is 0 Å². The van der Waals surface area contributed by atoms with Crippen LogP contribution in [0.4, 0.5) is 10.6 Å². The molecule has 0 spiro atoms. The number of ether oxygens (including phenoxy) is 1. The SMILES string of the molecule is CCC1[C@H](N)C(C)CN1C(=O)c1ccc2c(C)c(-c3cc4ccc(-c5ccc(NC(=O)OC)nc5)nc4n3CC3CC3)nn2c1. The standard InChI is InChI=1S/C34H38N8O3/c1-5-26-30(35)19(2)16-41(26)33(43)24-9-12-27-20(3)31(39-42(27)18-24)28-14-22-8-11-25(37-32(22)40(28)17-21-6-7-21)23-10-13-29(36-15-23)38-34(44)45-4/h8-15,18-19,21,26,30H,5-7,16-17,35H2,1-4H3,(H,36,38,44)/t19?,26?,30-/m1/s1. The van der Waals surface area contributed by atoms with Gasteiger partial charge in [-0.3, -0.25) is 10.1 Å². The van der Waals surface area contributed by atoms with E-state index >= 15 is 0 Å². The zero-order valence-electron chi connectivity index (χ0n) is 26.0. The molecule has 2 unspecified atom stereocenters. The fourth-order valence-corrected chi connectivity index (χ4v) is 6.59. The largest absolute Gasteiger partial charge is 0.453 e. The van der Waals surface area contributed by atoms with E-state index in [1.807, 2.05) is 39.9 Å². The van der Waals surface area contributed by atoms with Crippen molar-refractivity contribution in [3.05, 3.63) is 66.0 Å². The fraction of sp³-hybridized carbons (Fsp3) is 0.382. The van der Waals surface area contributed by atoms with Crippen molar-refractivity contribution in [1.29, 1.82) is 0 Å². The number of nitrogens with two attached hydrogens (primary N) is 1. The lowest BCUT2D eigenvalue weighted by Gasteiger charge is -2.25. The Morgan fingerprint density at radius 2 is 1.96 bits per heavy atom. The topological polar surface area (TPSA) is 133 Å². The summed E-state index contributed by atoms with van der Waals surface area (Å²) in [5, 5.41) is 8.65. The lowest BCUT2D eigenvalue weighted by Crippen LogP contribution is -2.42. The summed E-state index contributed by atoms with van der Waals surface area (Å²) in [6, 6.07) is 13.8. The third kappa shape index (κ3) is 5.20. The predicted octanol–water partition coefficient (Wildman–Crippen LogP) is 5.51. The minimum Gasteiger partial charge on any atom is -0.453 e. The van der Waals surface area contributed by atoms with E-state index in [9.17, 15) is 9.59 Å². The van der Waals surface area contributed by atoms with Gasteiger partial charge < -0.3 is 19.9 Å². The Labute approximate surface area is 261 Å². The Hall–Kier alpha value is -4.77. The maximum absolute atomic E-state index is 13.6. The molecule has 3 N–H and O–H groups in total. The van der Waals surface area contributed by atoms with E-state index < -0.39 is 6.09 Å². The van der Waals surface area contributed by atoms with Crippen LogP contribution in [0.5, 0.6) is 0 Å². The van der Waals surface area contributed by atoms with Gasteiger partial charge in [-0.25, -0.2) is 19.3 Å². The molecule has 5 aromatic heterocycles. The average molecular weight is 607 g/mol. The maximum Gasteiger partial charge on any atom is 0.412 e. The van der Waals surface area contributed by atoms with Crippen molar-refractivity contribution in [3.8, 4) is 22.6 Å². The zero-order valence-corrected chi connectivity index (χ0v) is 26.0. The first-order valence-electron chi connectivity index (χ1n) is 15.6. The number of nitrogens with one attached hydrogen (secondary N) is 1. The van der Waals surface area contributed by atoms with Crippen molar-refractivity contribution in [2.45, 2.75) is 58.7 Å². The number of nitrogens with zero attached hydrogens (tertiary/aromatic N) is 6. The van der Waals surface area contributed by atoms with E-state index in [-0.39, 0.29) is 23.9 Å². The third-order valence-corrected chi connectivity index (χ3v) is 9.39. The molecule has 7 rings (SSSR count). The molecule has 3 atom stereocenters. The van der Waals surface area contributed by atoms with Gasteiger partial charge in [-0.15, -0.1) is 0 Å². The van der Waals surface area contributed by atoms with E-state index in [2.05, 4.69) is 52.5 Å². The molecule has 232 valence electrons. The summed E-state index contributed by atoms with van der Waals surface area (Å²) in [5.74, 6) is 1.28. The zero-order chi connectivity index (χ0) is 31.4. The Balaban J connectivity index is 1.25. The Bertz CT molecular complexity index is 1920. The highest BCUT2D eigenvalue weighted by Crippen LogP contribution is 2.37. The highest BCUT2D eigenvalue weighted by molar-refractivity contribution is 5.95. The van der Waals surface area contributed by atoms with Gasteiger partial charge in [-0.2, -0.15) is 5.10 Å². The second-order valence-electron chi connectivity index (χ2n) is 12.5. The van der Waals surface area contributed by atoms with Crippen LogP contribution in [-0.4, -0.2) is 66.8 Å². The van der Waals surface area contributed by atoms with Crippen LogP contribution in [0.1, 0.15) is 49.0 Å². The smallest absolute Gasteiger partial charge is 0.412 e. The second-order valence-corrected chi connectivity index (χ2v) is 12.5. The van der Waals surface area contributed by atoms with Gasteiger partial charge in [0, 0.05) is 54.1 Å². The highest BCUT2D eigenvalue weighted by Gasteiger charge is 2.39. The first-order chi connectivity index (χ1) is 21.7. The minimum absolute atomic E-state index is 0.00132. The Kier molecular flexibility index (Phi) is 7.27. The van der Waals surface area contributed by atoms with Crippen molar-refractivity contribution in [3.63, 3.8) is 0 Å². The molecule has 2 amide bonds. The maximum atomic E-state index is 13.6. The third-order valence-electron chi connectivity index (χ3n) is 9.39. The summed E-state index contributed by atoms with van der Waals surface area (Å²) in [4.78, 5) is 36.5. The fourth-order valence-electron chi connectivity index (χ4n) is 6.59.